The first-order valence-corrected chi connectivity index (χ1v) is 14.4. The van der Waals surface area contributed by atoms with E-state index in [4.69, 9.17) is 17.3 Å². The first-order chi connectivity index (χ1) is 21.3. The molecule has 0 unspecified atom stereocenters. The van der Waals surface area contributed by atoms with Crippen molar-refractivity contribution in [3.05, 3.63) is 95.9 Å². The number of fused-ring (bicyclic) bond motifs is 2. The molecule has 7 rings (SSSR count). The van der Waals surface area contributed by atoms with Crippen molar-refractivity contribution < 1.29 is 18.8 Å². The number of halogens is 2. The van der Waals surface area contributed by atoms with E-state index in [2.05, 4.69) is 20.4 Å². The molecule has 44 heavy (non-hydrogen) atoms. The Balaban J connectivity index is 1.14. The van der Waals surface area contributed by atoms with Crippen molar-refractivity contribution in [2.24, 2.45) is 11.7 Å². The molecule has 1 saturated carbocycles. The summed E-state index contributed by atoms with van der Waals surface area (Å²) >= 11 is 6.29. The highest BCUT2D eigenvalue weighted by atomic mass is 35.5. The van der Waals surface area contributed by atoms with E-state index < -0.39 is 23.7 Å². The molecule has 1 saturated heterocycles. The second kappa shape index (κ2) is 10.8. The van der Waals surface area contributed by atoms with E-state index >= 15 is 4.39 Å². The third-order valence-corrected chi connectivity index (χ3v) is 8.61. The molecule has 3 N–H and O–H groups in total. The van der Waals surface area contributed by atoms with Crippen molar-refractivity contribution in [1.29, 1.82) is 0 Å². The fraction of sp³-hybridized carbons (Fsp3) is 0.188. The Morgan fingerprint density at radius 1 is 0.977 bits per heavy atom. The monoisotopic (exact) mass is 609 g/mol. The number of amides is 3. The van der Waals surface area contributed by atoms with Gasteiger partial charge in [0.05, 0.1) is 11.2 Å². The number of nitrogens with zero attached hydrogens (tertiary/aromatic N) is 5. The SMILES string of the molecule is NC(=O)c1nn(CC(=O)N2[C@H](C(=O)Nc3cccc(-c4ccccc4Cl)c3F)C[C@H]3C[C@@H]32)c2ccc(-c3cncnc3)cc12. The summed E-state index contributed by atoms with van der Waals surface area (Å²) in [6, 6.07) is 16.1. The van der Waals surface area contributed by atoms with Crippen LogP contribution in [0.4, 0.5) is 10.1 Å². The van der Waals surface area contributed by atoms with Gasteiger partial charge in [-0.2, -0.15) is 5.10 Å². The van der Waals surface area contributed by atoms with Gasteiger partial charge in [-0.1, -0.05) is 48.0 Å². The lowest BCUT2D eigenvalue weighted by Gasteiger charge is -2.27. The van der Waals surface area contributed by atoms with E-state index in [1.165, 1.54) is 17.1 Å². The predicted molar refractivity (Wildman–Crippen MR) is 162 cm³/mol. The van der Waals surface area contributed by atoms with E-state index in [0.717, 1.165) is 17.5 Å². The molecule has 1 aliphatic heterocycles. The summed E-state index contributed by atoms with van der Waals surface area (Å²) in [5.41, 5.74) is 8.48. The molecule has 3 amide bonds. The Bertz CT molecular complexity index is 1960. The number of nitrogens with one attached hydrogen (secondary N) is 1. The van der Waals surface area contributed by atoms with Gasteiger partial charge < -0.3 is 16.0 Å². The largest absolute Gasteiger partial charge is 0.364 e. The van der Waals surface area contributed by atoms with Crippen molar-refractivity contribution in [2.75, 3.05) is 5.32 Å². The lowest BCUT2D eigenvalue weighted by Crippen LogP contribution is -2.46. The maximum Gasteiger partial charge on any atom is 0.269 e. The summed E-state index contributed by atoms with van der Waals surface area (Å²) in [4.78, 5) is 49.2. The van der Waals surface area contributed by atoms with Gasteiger partial charge in [0.15, 0.2) is 11.5 Å². The number of benzene rings is 3. The molecule has 0 radical (unpaired) electrons. The van der Waals surface area contributed by atoms with Gasteiger partial charge >= 0.3 is 0 Å². The van der Waals surface area contributed by atoms with Crippen LogP contribution in [0.15, 0.2) is 79.4 Å². The molecule has 2 fully saturated rings. The third-order valence-electron chi connectivity index (χ3n) is 8.28. The Kier molecular flexibility index (Phi) is 6.81. The average Bonchev–Trinajstić information content (AvgIpc) is 3.53. The van der Waals surface area contributed by atoms with Gasteiger partial charge in [-0.3, -0.25) is 19.1 Å². The van der Waals surface area contributed by atoms with E-state index in [0.29, 0.717) is 27.9 Å². The molecular formula is C32H25ClFN7O3. The number of anilines is 1. The molecule has 12 heteroatoms. The van der Waals surface area contributed by atoms with Gasteiger partial charge in [0.25, 0.3) is 5.91 Å². The van der Waals surface area contributed by atoms with Crippen molar-refractivity contribution in [1.82, 2.24) is 24.6 Å². The van der Waals surface area contributed by atoms with E-state index in [-0.39, 0.29) is 41.4 Å². The summed E-state index contributed by atoms with van der Waals surface area (Å²) in [5, 5.41) is 7.94. The van der Waals surface area contributed by atoms with Gasteiger partial charge in [0, 0.05) is 45.5 Å². The molecule has 1 aliphatic carbocycles. The standard InChI is InChI=1S/C32H25ClFN7O3/c33-23-6-2-1-4-20(23)21-5-3-7-24(29(21)34)38-32(44)27-12-18-11-26(18)41(27)28(42)15-40-25-9-8-17(19-13-36-16-37-14-19)10-22(25)30(39-40)31(35)43/h1-10,13-14,16,18,26-27H,11-12,15H2,(H2,35,43)(H,38,44)/t18-,26+,27+/m1/s1. The zero-order chi connectivity index (χ0) is 30.5. The molecule has 0 bridgehead atoms. The average molecular weight is 610 g/mol. The zero-order valence-electron chi connectivity index (χ0n) is 23.2. The number of nitrogens with two attached hydrogens (primary N) is 1. The normalized spacial score (nSPS) is 18.7. The molecular weight excluding hydrogens is 585 g/mol. The topological polar surface area (TPSA) is 136 Å². The highest BCUT2D eigenvalue weighted by molar-refractivity contribution is 6.33. The Labute approximate surface area is 255 Å². The first-order valence-electron chi connectivity index (χ1n) is 14.0. The van der Waals surface area contributed by atoms with Crippen LogP contribution >= 0.6 is 11.6 Å². The molecule has 2 aromatic heterocycles. The minimum absolute atomic E-state index is 0.00387. The predicted octanol–water partition coefficient (Wildman–Crippen LogP) is 4.68. The van der Waals surface area contributed by atoms with Crippen LogP contribution in [0.1, 0.15) is 23.3 Å². The summed E-state index contributed by atoms with van der Waals surface area (Å²) < 4.78 is 17.0. The number of rotatable bonds is 7. The van der Waals surface area contributed by atoms with Gasteiger partial charge in [-0.05, 0) is 48.6 Å². The second-order valence-electron chi connectivity index (χ2n) is 11.0. The van der Waals surface area contributed by atoms with E-state index in [1.807, 2.05) is 6.07 Å². The molecule has 2 aliphatic rings. The maximum absolute atomic E-state index is 15.6. The lowest BCUT2D eigenvalue weighted by atomic mass is 10.0. The first kappa shape index (κ1) is 27.7. The number of hydrogen-bond donors (Lipinski definition) is 2. The Morgan fingerprint density at radius 3 is 2.52 bits per heavy atom. The number of hydrogen-bond acceptors (Lipinski definition) is 6. The minimum atomic E-state index is -0.781. The molecule has 3 aromatic carbocycles. The molecule has 3 heterocycles. The smallest absolute Gasteiger partial charge is 0.269 e. The summed E-state index contributed by atoms with van der Waals surface area (Å²) in [5.74, 6) is -1.96. The number of piperidine rings is 1. The molecule has 10 nitrogen and oxygen atoms in total. The quantitative estimate of drug-likeness (QED) is 0.275. The van der Waals surface area contributed by atoms with Crippen LogP contribution in [-0.2, 0) is 16.1 Å². The van der Waals surface area contributed by atoms with Crippen molar-refractivity contribution in [3.8, 4) is 22.3 Å². The Morgan fingerprint density at radius 2 is 1.75 bits per heavy atom. The van der Waals surface area contributed by atoms with Crippen LogP contribution in [0, 0.1) is 11.7 Å². The van der Waals surface area contributed by atoms with Crippen LogP contribution < -0.4 is 11.1 Å². The van der Waals surface area contributed by atoms with Crippen LogP contribution in [0.5, 0.6) is 0 Å². The number of primary amides is 1. The number of aromatic nitrogens is 4. The minimum Gasteiger partial charge on any atom is -0.364 e. The Hall–Kier alpha value is -5.16. The van der Waals surface area contributed by atoms with E-state index in [9.17, 15) is 14.4 Å². The van der Waals surface area contributed by atoms with Gasteiger partial charge in [-0.15, -0.1) is 0 Å². The lowest BCUT2D eigenvalue weighted by molar-refractivity contribution is -0.138. The fourth-order valence-corrected chi connectivity index (χ4v) is 6.34. The number of likely N-dealkylation sites (tertiary alicyclic amines) is 1. The van der Waals surface area contributed by atoms with Crippen LogP contribution in [0.2, 0.25) is 5.02 Å². The summed E-state index contributed by atoms with van der Waals surface area (Å²) in [7, 11) is 0. The third kappa shape index (κ3) is 4.84. The highest BCUT2D eigenvalue weighted by Gasteiger charge is 2.56. The van der Waals surface area contributed by atoms with Crippen LogP contribution in [0.3, 0.4) is 0 Å². The van der Waals surface area contributed by atoms with Crippen molar-refractivity contribution in [3.63, 3.8) is 0 Å². The van der Waals surface area contributed by atoms with Crippen LogP contribution in [-0.4, -0.2) is 54.5 Å². The van der Waals surface area contributed by atoms with Crippen LogP contribution in [0.25, 0.3) is 33.2 Å². The summed E-state index contributed by atoms with van der Waals surface area (Å²) in [6.07, 6.45) is 5.99. The highest BCUT2D eigenvalue weighted by Crippen LogP contribution is 2.48. The molecule has 0 spiro atoms. The maximum atomic E-state index is 15.6. The number of carbonyl (C=O) groups is 3. The van der Waals surface area contributed by atoms with Crippen molar-refractivity contribution in [2.45, 2.75) is 31.5 Å². The van der Waals surface area contributed by atoms with Crippen molar-refractivity contribution >= 4 is 45.9 Å². The van der Waals surface area contributed by atoms with Gasteiger partial charge in [-0.25, -0.2) is 14.4 Å². The molecule has 5 aromatic rings. The van der Waals surface area contributed by atoms with Gasteiger partial charge in [0.1, 0.15) is 18.9 Å². The van der Waals surface area contributed by atoms with Gasteiger partial charge in [0.2, 0.25) is 11.8 Å². The second-order valence-corrected chi connectivity index (χ2v) is 11.4. The molecule has 3 atom stereocenters. The number of carbonyl (C=O) groups excluding carboxylic acids is 3. The molecule has 220 valence electrons. The summed E-state index contributed by atoms with van der Waals surface area (Å²) in [6.45, 7) is -0.207. The van der Waals surface area contributed by atoms with E-state index in [1.54, 1.807) is 65.8 Å². The zero-order valence-corrected chi connectivity index (χ0v) is 23.9. The fourth-order valence-electron chi connectivity index (χ4n) is 6.10.